The van der Waals surface area contributed by atoms with Crippen LogP contribution in [0.4, 0.5) is 0 Å². The topological polar surface area (TPSA) is 69.5 Å². The zero-order valence-corrected chi connectivity index (χ0v) is 15.4. The molecule has 1 aliphatic rings. The van der Waals surface area contributed by atoms with Crippen LogP contribution in [-0.4, -0.2) is 51.9 Å². The first-order valence-electron chi connectivity index (χ1n) is 8.30. The maximum absolute atomic E-state index is 9.70. The van der Waals surface area contributed by atoms with Crippen molar-refractivity contribution in [2.45, 2.75) is 12.5 Å². The molecule has 0 unspecified atom stereocenters. The molecule has 0 saturated heterocycles. The SMILES string of the molecule is COc1cc(OC)cc(C2=N[C@H](CO)Cc3cc(OC)c(OC)cc32)c1. The number of hydrogen-bond donors (Lipinski definition) is 1. The number of aliphatic imine (C=N–C) groups is 1. The van der Waals surface area contributed by atoms with Crippen molar-refractivity contribution in [3.63, 3.8) is 0 Å². The summed E-state index contributed by atoms with van der Waals surface area (Å²) in [6.07, 6.45) is 0.636. The zero-order chi connectivity index (χ0) is 18.7. The highest BCUT2D eigenvalue weighted by Gasteiger charge is 2.25. The molecule has 0 aromatic heterocycles. The lowest BCUT2D eigenvalue weighted by atomic mass is 9.89. The summed E-state index contributed by atoms with van der Waals surface area (Å²) in [6, 6.07) is 9.28. The molecule has 2 aromatic rings. The van der Waals surface area contributed by atoms with E-state index in [1.165, 1.54) is 0 Å². The standard InChI is InChI=1S/C20H23NO5/c1-23-15-6-13(7-16(9-15)24-2)20-17-10-19(26-4)18(25-3)8-12(17)5-14(11-22)21-20/h6-10,14,22H,5,11H2,1-4H3/t14-/m0/s1. The first-order valence-corrected chi connectivity index (χ1v) is 8.30. The van der Waals surface area contributed by atoms with Gasteiger partial charge in [-0.3, -0.25) is 4.99 Å². The van der Waals surface area contributed by atoms with Gasteiger partial charge in [0.15, 0.2) is 11.5 Å². The molecule has 3 rings (SSSR count). The second-order valence-corrected chi connectivity index (χ2v) is 5.98. The average Bonchev–Trinajstić information content (AvgIpc) is 2.71. The second-order valence-electron chi connectivity index (χ2n) is 5.98. The van der Waals surface area contributed by atoms with Crippen molar-refractivity contribution >= 4 is 5.71 Å². The summed E-state index contributed by atoms with van der Waals surface area (Å²) in [5.74, 6) is 2.65. The van der Waals surface area contributed by atoms with Gasteiger partial charge in [0.25, 0.3) is 0 Å². The van der Waals surface area contributed by atoms with Crippen LogP contribution in [0, 0.1) is 0 Å². The van der Waals surface area contributed by atoms with E-state index in [2.05, 4.69) is 0 Å². The number of hydrogen-bond acceptors (Lipinski definition) is 6. The molecule has 0 radical (unpaired) electrons. The molecular formula is C20H23NO5. The number of fused-ring (bicyclic) bond motifs is 1. The zero-order valence-electron chi connectivity index (χ0n) is 15.4. The highest BCUT2D eigenvalue weighted by Crippen LogP contribution is 2.36. The largest absolute Gasteiger partial charge is 0.497 e. The Morgan fingerprint density at radius 3 is 2.04 bits per heavy atom. The molecule has 0 aliphatic carbocycles. The molecule has 0 bridgehead atoms. The Kier molecular flexibility index (Phi) is 5.32. The van der Waals surface area contributed by atoms with E-state index < -0.39 is 0 Å². The first-order chi connectivity index (χ1) is 12.6. The van der Waals surface area contributed by atoms with E-state index in [9.17, 15) is 5.11 Å². The Hall–Kier alpha value is -2.73. The molecule has 0 amide bonds. The van der Waals surface area contributed by atoms with Crippen LogP contribution >= 0.6 is 0 Å². The van der Waals surface area contributed by atoms with E-state index in [1.807, 2.05) is 30.3 Å². The molecule has 0 fully saturated rings. The van der Waals surface area contributed by atoms with Crippen LogP contribution in [0.2, 0.25) is 0 Å². The number of ether oxygens (including phenoxy) is 4. The van der Waals surface area contributed by atoms with Crippen LogP contribution in [0.25, 0.3) is 0 Å². The smallest absolute Gasteiger partial charge is 0.161 e. The summed E-state index contributed by atoms with van der Waals surface area (Å²) in [6.45, 7) is -0.0294. The molecule has 1 heterocycles. The summed E-state index contributed by atoms with van der Waals surface area (Å²) in [5, 5.41) is 9.70. The predicted octanol–water partition coefficient (Wildman–Crippen LogP) is 2.48. The van der Waals surface area contributed by atoms with Gasteiger partial charge in [-0.15, -0.1) is 0 Å². The summed E-state index contributed by atoms with van der Waals surface area (Å²) in [7, 11) is 6.44. The van der Waals surface area contributed by atoms with Gasteiger partial charge in [0.1, 0.15) is 11.5 Å². The van der Waals surface area contributed by atoms with E-state index in [0.29, 0.717) is 29.4 Å². The second kappa shape index (κ2) is 7.66. The summed E-state index contributed by atoms with van der Waals surface area (Å²) in [4.78, 5) is 4.75. The molecule has 1 atom stereocenters. The van der Waals surface area contributed by atoms with E-state index in [1.54, 1.807) is 28.4 Å². The van der Waals surface area contributed by atoms with Gasteiger partial charge in [0.05, 0.1) is 46.8 Å². The van der Waals surface area contributed by atoms with Gasteiger partial charge in [0, 0.05) is 17.2 Å². The Balaban J connectivity index is 2.19. The van der Waals surface area contributed by atoms with Gasteiger partial charge >= 0.3 is 0 Å². The van der Waals surface area contributed by atoms with Crippen LogP contribution in [0.15, 0.2) is 35.3 Å². The summed E-state index contributed by atoms with van der Waals surface area (Å²) in [5.41, 5.74) is 3.62. The lowest BCUT2D eigenvalue weighted by Gasteiger charge is -2.24. The van der Waals surface area contributed by atoms with Crippen molar-refractivity contribution in [1.82, 2.24) is 0 Å². The molecule has 1 N–H and O–H groups in total. The molecule has 26 heavy (non-hydrogen) atoms. The number of methoxy groups -OCH3 is 4. The minimum atomic E-state index is -0.215. The lowest BCUT2D eigenvalue weighted by molar-refractivity contribution is 0.265. The van der Waals surface area contributed by atoms with Gasteiger partial charge in [-0.25, -0.2) is 0 Å². The Bertz CT molecular complexity index is 809. The number of nitrogens with zero attached hydrogens (tertiary/aromatic N) is 1. The van der Waals surface area contributed by atoms with Gasteiger partial charge in [-0.2, -0.15) is 0 Å². The fourth-order valence-corrected chi connectivity index (χ4v) is 3.14. The van der Waals surface area contributed by atoms with Gasteiger partial charge in [-0.1, -0.05) is 0 Å². The fourth-order valence-electron chi connectivity index (χ4n) is 3.14. The van der Waals surface area contributed by atoms with Gasteiger partial charge in [0.2, 0.25) is 0 Å². The van der Waals surface area contributed by atoms with Crippen LogP contribution in [-0.2, 0) is 6.42 Å². The number of aliphatic hydroxyl groups excluding tert-OH is 1. The molecule has 6 heteroatoms. The minimum absolute atomic E-state index is 0.0294. The quantitative estimate of drug-likeness (QED) is 0.860. The molecule has 0 spiro atoms. The van der Waals surface area contributed by atoms with Crippen molar-refractivity contribution in [3.8, 4) is 23.0 Å². The monoisotopic (exact) mass is 357 g/mol. The number of rotatable bonds is 6. The summed E-state index contributed by atoms with van der Waals surface area (Å²) >= 11 is 0. The highest BCUT2D eigenvalue weighted by molar-refractivity contribution is 6.15. The van der Waals surface area contributed by atoms with Crippen molar-refractivity contribution < 1.29 is 24.1 Å². The minimum Gasteiger partial charge on any atom is -0.497 e. The Morgan fingerprint density at radius 2 is 1.50 bits per heavy atom. The van der Waals surface area contributed by atoms with E-state index in [4.69, 9.17) is 23.9 Å². The van der Waals surface area contributed by atoms with E-state index in [0.717, 1.165) is 22.4 Å². The maximum Gasteiger partial charge on any atom is 0.161 e. The maximum atomic E-state index is 9.70. The number of aliphatic hydroxyl groups is 1. The molecule has 138 valence electrons. The van der Waals surface area contributed by atoms with Crippen LogP contribution in [0.1, 0.15) is 16.7 Å². The Labute approximate surface area is 153 Å². The van der Waals surface area contributed by atoms with Gasteiger partial charge < -0.3 is 24.1 Å². The van der Waals surface area contributed by atoms with Crippen molar-refractivity contribution in [2.24, 2.45) is 4.99 Å². The third-order valence-electron chi connectivity index (χ3n) is 4.47. The normalized spacial score (nSPS) is 15.7. The average molecular weight is 357 g/mol. The number of benzene rings is 2. The van der Waals surface area contributed by atoms with Crippen molar-refractivity contribution in [1.29, 1.82) is 0 Å². The molecule has 6 nitrogen and oxygen atoms in total. The predicted molar refractivity (Wildman–Crippen MR) is 99.3 cm³/mol. The third kappa shape index (κ3) is 3.32. The van der Waals surface area contributed by atoms with Gasteiger partial charge in [-0.05, 0) is 36.2 Å². The Morgan fingerprint density at radius 1 is 0.885 bits per heavy atom. The summed E-state index contributed by atoms with van der Waals surface area (Å²) < 4.78 is 21.6. The molecule has 2 aromatic carbocycles. The molecule has 0 saturated carbocycles. The first kappa shape index (κ1) is 18.1. The van der Waals surface area contributed by atoms with Crippen LogP contribution in [0.3, 0.4) is 0 Å². The van der Waals surface area contributed by atoms with Crippen LogP contribution in [0.5, 0.6) is 23.0 Å². The van der Waals surface area contributed by atoms with Crippen molar-refractivity contribution in [2.75, 3.05) is 35.0 Å². The fraction of sp³-hybridized carbons (Fsp3) is 0.350. The van der Waals surface area contributed by atoms with E-state index >= 15 is 0 Å². The molecule has 1 aliphatic heterocycles. The van der Waals surface area contributed by atoms with Crippen molar-refractivity contribution in [3.05, 3.63) is 47.0 Å². The lowest BCUT2D eigenvalue weighted by Crippen LogP contribution is -2.24. The van der Waals surface area contributed by atoms with E-state index in [-0.39, 0.29) is 12.6 Å². The third-order valence-corrected chi connectivity index (χ3v) is 4.47. The van der Waals surface area contributed by atoms with Crippen LogP contribution < -0.4 is 18.9 Å². The highest BCUT2D eigenvalue weighted by atomic mass is 16.5. The molecular weight excluding hydrogens is 334 g/mol.